The summed E-state index contributed by atoms with van der Waals surface area (Å²) in [4.78, 5) is 24.3. The molecule has 3 unspecified atom stereocenters. The van der Waals surface area contributed by atoms with E-state index in [-0.39, 0.29) is 0 Å². The second-order valence-electron chi connectivity index (χ2n) is 4.30. The van der Waals surface area contributed by atoms with Gasteiger partial charge in [0.1, 0.15) is 11.7 Å². The summed E-state index contributed by atoms with van der Waals surface area (Å²) in [6.07, 6.45) is -4.37. The lowest BCUT2D eigenvalue weighted by atomic mass is 9.98. The monoisotopic (exact) mass is 276 g/mol. The van der Waals surface area contributed by atoms with E-state index in [2.05, 4.69) is 0 Å². The van der Waals surface area contributed by atoms with Gasteiger partial charge in [-0.05, 0) is 0 Å². The SMILES string of the molecule is O=c1ccn(C2OC(CO)(CO)C(O)C2F)c(=O)[nH]1. The zero-order chi connectivity index (χ0) is 14.2. The number of aliphatic hydroxyl groups is 3. The molecule has 1 aromatic heterocycles. The van der Waals surface area contributed by atoms with Crippen molar-refractivity contribution in [1.82, 2.24) is 9.55 Å². The lowest BCUT2D eigenvalue weighted by Gasteiger charge is -2.27. The molecule has 4 N–H and O–H groups in total. The molecule has 9 heteroatoms. The number of H-pyrrole nitrogens is 1. The van der Waals surface area contributed by atoms with Crippen LogP contribution in [0, 0.1) is 0 Å². The number of rotatable bonds is 3. The van der Waals surface area contributed by atoms with Crippen LogP contribution in [0.2, 0.25) is 0 Å². The molecule has 106 valence electrons. The molecule has 1 aliphatic heterocycles. The van der Waals surface area contributed by atoms with Crippen LogP contribution in [0.5, 0.6) is 0 Å². The maximum Gasteiger partial charge on any atom is 0.330 e. The van der Waals surface area contributed by atoms with Gasteiger partial charge in [-0.25, -0.2) is 9.18 Å². The molecule has 0 aromatic carbocycles. The molecule has 1 aliphatic rings. The molecule has 0 bridgehead atoms. The average Bonchev–Trinajstić information content (AvgIpc) is 2.64. The summed E-state index contributed by atoms with van der Waals surface area (Å²) in [5.41, 5.74) is -3.47. The summed E-state index contributed by atoms with van der Waals surface area (Å²) in [6, 6.07) is 0.988. The predicted molar refractivity (Wildman–Crippen MR) is 59.3 cm³/mol. The fraction of sp³-hybridized carbons (Fsp3) is 0.600. The van der Waals surface area contributed by atoms with E-state index in [1.54, 1.807) is 0 Å². The summed E-state index contributed by atoms with van der Waals surface area (Å²) in [6.45, 7) is -1.64. The summed E-state index contributed by atoms with van der Waals surface area (Å²) >= 11 is 0. The van der Waals surface area contributed by atoms with Crippen molar-refractivity contribution in [1.29, 1.82) is 0 Å². The Bertz CT molecular complexity index is 566. The van der Waals surface area contributed by atoms with Crippen LogP contribution in [0.4, 0.5) is 4.39 Å². The van der Waals surface area contributed by atoms with Crippen molar-refractivity contribution in [2.24, 2.45) is 0 Å². The summed E-state index contributed by atoms with van der Waals surface area (Å²) in [5, 5.41) is 27.9. The highest BCUT2D eigenvalue weighted by atomic mass is 19.1. The Morgan fingerprint density at radius 2 is 2.05 bits per heavy atom. The minimum Gasteiger partial charge on any atom is -0.393 e. The fourth-order valence-corrected chi connectivity index (χ4v) is 1.97. The Morgan fingerprint density at radius 1 is 1.42 bits per heavy atom. The highest BCUT2D eigenvalue weighted by Gasteiger charge is 2.55. The number of nitrogens with one attached hydrogen (secondary N) is 1. The number of hydrogen-bond donors (Lipinski definition) is 4. The van der Waals surface area contributed by atoms with Gasteiger partial charge in [0.2, 0.25) is 0 Å². The minimum absolute atomic E-state index is 0.661. The third kappa shape index (κ3) is 2.10. The van der Waals surface area contributed by atoms with Gasteiger partial charge in [0.15, 0.2) is 12.4 Å². The molecule has 1 saturated heterocycles. The largest absolute Gasteiger partial charge is 0.393 e. The van der Waals surface area contributed by atoms with Gasteiger partial charge in [-0.15, -0.1) is 0 Å². The molecular formula is C10H13FN2O6. The standard InChI is InChI=1S/C10H13FN2O6/c11-6-7(17)10(3-14,4-15)19-8(6)13-2-1-5(16)12-9(13)18/h1-2,6-8,14-15,17H,3-4H2,(H,12,16,18). The summed E-state index contributed by atoms with van der Waals surface area (Å²) in [7, 11) is 0. The topological polar surface area (TPSA) is 125 Å². The lowest BCUT2D eigenvalue weighted by Crippen LogP contribution is -2.48. The van der Waals surface area contributed by atoms with Crippen LogP contribution in [0.25, 0.3) is 0 Å². The number of hydrogen-bond acceptors (Lipinski definition) is 6. The van der Waals surface area contributed by atoms with E-state index in [4.69, 9.17) is 14.9 Å². The van der Waals surface area contributed by atoms with Gasteiger partial charge in [0.05, 0.1) is 13.2 Å². The maximum absolute atomic E-state index is 14.0. The van der Waals surface area contributed by atoms with E-state index in [1.807, 2.05) is 4.98 Å². The van der Waals surface area contributed by atoms with Gasteiger partial charge in [-0.2, -0.15) is 0 Å². The predicted octanol–water partition coefficient (Wildman–Crippen LogP) is -2.51. The second-order valence-corrected chi connectivity index (χ2v) is 4.30. The Morgan fingerprint density at radius 3 is 2.53 bits per heavy atom. The van der Waals surface area contributed by atoms with Crippen molar-refractivity contribution < 1.29 is 24.4 Å². The van der Waals surface area contributed by atoms with Crippen molar-refractivity contribution in [3.8, 4) is 0 Å². The fourth-order valence-electron chi connectivity index (χ4n) is 1.97. The summed E-state index contributed by atoms with van der Waals surface area (Å²) in [5.74, 6) is 0. The molecule has 1 fully saturated rings. The molecule has 0 amide bonds. The van der Waals surface area contributed by atoms with Crippen molar-refractivity contribution in [3.63, 3.8) is 0 Å². The smallest absolute Gasteiger partial charge is 0.330 e. The zero-order valence-corrected chi connectivity index (χ0v) is 9.69. The third-order valence-corrected chi connectivity index (χ3v) is 3.13. The van der Waals surface area contributed by atoms with Crippen molar-refractivity contribution >= 4 is 0 Å². The van der Waals surface area contributed by atoms with Gasteiger partial charge in [-0.3, -0.25) is 14.3 Å². The van der Waals surface area contributed by atoms with E-state index >= 15 is 0 Å². The van der Waals surface area contributed by atoms with Gasteiger partial charge in [0, 0.05) is 12.3 Å². The van der Waals surface area contributed by atoms with Crippen molar-refractivity contribution in [2.45, 2.75) is 24.1 Å². The first kappa shape index (κ1) is 13.9. The zero-order valence-electron chi connectivity index (χ0n) is 9.69. The second kappa shape index (κ2) is 4.85. The van der Waals surface area contributed by atoms with E-state index in [0.717, 1.165) is 16.8 Å². The number of aromatic amines is 1. The minimum atomic E-state index is -2.04. The third-order valence-electron chi connectivity index (χ3n) is 3.13. The lowest BCUT2D eigenvalue weighted by molar-refractivity contribution is -0.150. The van der Waals surface area contributed by atoms with Gasteiger partial charge in [0.25, 0.3) is 5.56 Å². The molecule has 0 radical (unpaired) electrons. The van der Waals surface area contributed by atoms with Crippen LogP contribution in [-0.4, -0.2) is 56.0 Å². The van der Waals surface area contributed by atoms with Gasteiger partial charge >= 0.3 is 5.69 Å². The first-order valence-electron chi connectivity index (χ1n) is 5.48. The molecule has 8 nitrogen and oxygen atoms in total. The highest BCUT2D eigenvalue weighted by Crippen LogP contribution is 2.37. The van der Waals surface area contributed by atoms with Crippen LogP contribution in [0.15, 0.2) is 21.9 Å². The Kier molecular flexibility index (Phi) is 3.54. The number of halogens is 1. The summed E-state index contributed by atoms with van der Waals surface area (Å²) < 4.78 is 19.8. The first-order valence-corrected chi connectivity index (χ1v) is 5.48. The molecule has 19 heavy (non-hydrogen) atoms. The van der Waals surface area contributed by atoms with Gasteiger partial charge < -0.3 is 20.1 Å². The van der Waals surface area contributed by atoms with Crippen LogP contribution in [-0.2, 0) is 4.74 Å². The first-order chi connectivity index (χ1) is 8.95. The molecule has 0 aliphatic carbocycles. The number of ether oxygens (including phenoxy) is 1. The van der Waals surface area contributed by atoms with Gasteiger partial charge in [-0.1, -0.05) is 0 Å². The molecule has 0 spiro atoms. The Hall–Kier alpha value is -1.55. The molecule has 0 saturated carbocycles. The number of nitrogens with zero attached hydrogens (tertiary/aromatic N) is 1. The van der Waals surface area contributed by atoms with Crippen LogP contribution in [0.3, 0.4) is 0 Å². The van der Waals surface area contributed by atoms with Crippen molar-refractivity contribution in [3.05, 3.63) is 33.1 Å². The average molecular weight is 276 g/mol. The molecular weight excluding hydrogens is 263 g/mol. The van der Waals surface area contributed by atoms with Crippen LogP contribution < -0.4 is 11.2 Å². The van der Waals surface area contributed by atoms with E-state index < -0.39 is 48.6 Å². The van der Waals surface area contributed by atoms with E-state index in [0.29, 0.717) is 0 Å². The van der Waals surface area contributed by atoms with Crippen molar-refractivity contribution in [2.75, 3.05) is 13.2 Å². The van der Waals surface area contributed by atoms with E-state index in [9.17, 15) is 19.1 Å². The van der Waals surface area contributed by atoms with E-state index in [1.165, 1.54) is 0 Å². The number of alkyl halides is 1. The molecule has 2 rings (SSSR count). The highest BCUT2D eigenvalue weighted by molar-refractivity contribution is 5.02. The quantitative estimate of drug-likeness (QED) is 0.483. The molecule has 1 aromatic rings. The number of aromatic nitrogens is 2. The van der Waals surface area contributed by atoms with Crippen LogP contribution >= 0.6 is 0 Å². The Labute approximate surface area is 105 Å². The maximum atomic E-state index is 14.0. The normalized spacial score (nSPS) is 29.6. The molecule has 2 heterocycles. The Balaban J connectivity index is 2.42. The van der Waals surface area contributed by atoms with Crippen LogP contribution in [0.1, 0.15) is 6.23 Å². The number of aliphatic hydroxyl groups excluding tert-OH is 3. The molecule has 3 atom stereocenters.